The van der Waals surface area contributed by atoms with Gasteiger partial charge >= 0.3 is 0 Å². The molecule has 1 saturated carbocycles. The highest BCUT2D eigenvalue weighted by molar-refractivity contribution is 5.80. The van der Waals surface area contributed by atoms with E-state index < -0.39 is 0 Å². The second kappa shape index (κ2) is 7.68. The molecular formula is C18H28N2O3. The van der Waals surface area contributed by atoms with E-state index >= 15 is 0 Å². The molecule has 128 valence electrons. The van der Waals surface area contributed by atoms with E-state index in [1.54, 1.807) is 12.0 Å². The van der Waals surface area contributed by atoms with Gasteiger partial charge in [-0.05, 0) is 44.0 Å². The molecule has 0 aliphatic heterocycles. The average molecular weight is 320 g/mol. The van der Waals surface area contributed by atoms with Crippen molar-refractivity contribution in [3.63, 3.8) is 0 Å². The molecule has 1 aliphatic carbocycles. The minimum Gasteiger partial charge on any atom is -0.497 e. The monoisotopic (exact) mass is 320 g/mol. The summed E-state index contributed by atoms with van der Waals surface area (Å²) in [4.78, 5) is 14.4. The first kappa shape index (κ1) is 17.6. The number of benzene rings is 1. The summed E-state index contributed by atoms with van der Waals surface area (Å²) in [7, 11) is 3.46. The molecule has 1 fully saturated rings. The first-order valence-electron chi connectivity index (χ1n) is 8.25. The second-order valence-corrected chi connectivity index (χ2v) is 6.59. The van der Waals surface area contributed by atoms with Crippen molar-refractivity contribution in [2.45, 2.75) is 38.1 Å². The Morgan fingerprint density at radius 1 is 1.30 bits per heavy atom. The van der Waals surface area contributed by atoms with E-state index in [1.165, 1.54) is 0 Å². The molecule has 5 heteroatoms. The number of methoxy groups -OCH3 is 1. The molecule has 0 radical (unpaired) electrons. The zero-order valence-corrected chi connectivity index (χ0v) is 14.4. The van der Waals surface area contributed by atoms with Crippen molar-refractivity contribution in [1.29, 1.82) is 0 Å². The van der Waals surface area contributed by atoms with Gasteiger partial charge in [0.1, 0.15) is 18.1 Å². The highest BCUT2D eigenvalue weighted by Gasteiger charge is 2.38. The molecule has 5 nitrogen and oxygen atoms in total. The lowest BCUT2D eigenvalue weighted by Gasteiger charge is -2.39. The number of nitrogens with zero attached hydrogens (tertiary/aromatic N) is 1. The van der Waals surface area contributed by atoms with Crippen LogP contribution in [0.15, 0.2) is 24.3 Å². The van der Waals surface area contributed by atoms with Crippen LogP contribution in [0.1, 0.15) is 32.6 Å². The topological polar surface area (TPSA) is 64.8 Å². The second-order valence-electron chi connectivity index (χ2n) is 6.59. The Morgan fingerprint density at radius 3 is 2.57 bits per heavy atom. The minimum absolute atomic E-state index is 0.0813. The van der Waals surface area contributed by atoms with Crippen LogP contribution in [0.4, 0.5) is 0 Å². The van der Waals surface area contributed by atoms with Crippen LogP contribution >= 0.6 is 0 Å². The van der Waals surface area contributed by atoms with E-state index in [4.69, 9.17) is 15.2 Å². The summed E-state index contributed by atoms with van der Waals surface area (Å²) in [5.41, 5.74) is 5.93. The summed E-state index contributed by atoms with van der Waals surface area (Å²) >= 11 is 0. The quantitative estimate of drug-likeness (QED) is 0.874. The molecule has 1 aliphatic rings. The number of nitrogens with two attached hydrogens (primary N) is 1. The SMILES string of the molecule is COc1ccc(OCCN(C)C(=O)C2CCCCC2(C)N)cc1. The maximum Gasteiger partial charge on any atom is 0.227 e. The molecule has 0 saturated heterocycles. The minimum atomic E-state index is -0.388. The maximum absolute atomic E-state index is 12.6. The third-order valence-electron chi connectivity index (χ3n) is 4.68. The Kier molecular flexibility index (Phi) is 5.88. The highest BCUT2D eigenvalue weighted by atomic mass is 16.5. The van der Waals surface area contributed by atoms with Crippen LogP contribution in [0, 0.1) is 5.92 Å². The lowest BCUT2D eigenvalue weighted by molar-refractivity contribution is -0.137. The predicted molar refractivity (Wildman–Crippen MR) is 90.7 cm³/mol. The molecule has 2 N–H and O–H groups in total. The predicted octanol–water partition coefficient (Wildman–Crippen LogP) is 2.44. The van der Waals surface area contributed by atoms with Crippen LogP contribution < -0.4 is 15.2 Å². The molecule has 2 atom stereocenters. The zero-order valence-electron chi connectivity index (χ0n) is 14.4. The largest absolute Gasteiger partial charge is 0.497 e. The van der Waals surface area contributed by atoms with Crippen molar-refractivity contribution in [2.75, 3.05) is 27.3 Å². The van der Waals surface area contributed by atoms with Gasteiger partial charge in [-0.3, -0.25) is 4.79 Å². The lowest BCUT2D eigenvalue weighted by atomic mass is 9.74. The van der Waals surface area contributed by atoms with Gasteiger partial charge in [0.25, 0.3) is 0 Å². The van der Waals surface area contributed by atoms with Gasteiger partial charge in [0.15, 0.2) is 0 Å². The average Bonchev–Trinajstić information content (AvgIpc) is 2.54. The van der Waals surface area contributed by atoms with Crippen molar-refractivity contribution in [1.82, 2.24) is 4.90 Å². The van der Waals surface area contributed by atoms with E-state index in [0.717, 1.165) is 37.2 Å². The van der Waals surface area contributed by atoms with Crippen molar-refractivity contribution >= 4 is 5.91 Å². The Morgan fingerprint density at radius 2 is 1.96 bits per heavy atom. The normalized spacial score (nSPS) is 24.1. The number of likely N-dealkylation sites (N-methyl/N-ethyl adjacent to an activating group) is 1. The molecule has 0 bridgehead atoms. The van der Waals surface area contributed by atoms with Crippen LogP contribution in [0.3, 0.4) is 0 Å². The Hall–Kier alpha value is -1.75. The third kappa shape index (κ3) is 4.61. The number of carbonyl (C=O) groups excluding carboxylic acids is 1. The van der Waals surface area contributed by atoms with Crippen LogP contribution in [0.25, 0.3) is 0 Å². The highest BCUT2D eigenvalue weighted by Crippen LogP contribution is 2.32. The Labute approximate surface area is 138 Å². The fraction of sp³-hybridized carbons (Fsp3) is 0.611. The van der Waals surface area contributed by atoms with E-state index in [2.05, 4.69) is 0 Å². The molecule has 0 aromatic heterocycles. The van der Waals surface area contributed by atoms with Crippen LogP contribution in [0.2, 0.25) is 0 Å². The number of hydrogen-bond acceptors (Lipinski definition) is 4. The van der Waals surface area contributed by atoms with Gasteiger partial charge in [0, 0.05) is 12.6 Å². The third-order valence-corrected chi connectivity index (χ3v) is 4.68. The van der Waals surface area contributed by atoms with Gasteiger partial charge in [-0.25, -0.2) is 0 Å². The van der Waals surface area contributed by atoms with Gasteiger partial charge in [0.2, 0.25) is 5.91 Å². The number of ether oxygens (including phenoxy) is 2. The van der Waals surface area contributed by atoms with Crippen molar-refractivity contribution in [3.05, 3.63) is 24.3 Å². The van der Waals surface area contributed by atoms with Gasteiger partial charge in [-0.15, -0.1) is 0 Å². The summed E-state index contributed by atoms with van der Waals surface area (Å²) in [6.07, 6.45) is 4.00. The zero-order chi connectivity index (χ0) is 16.9. The molecule has 2 unspecified atom stereocenters. The smallest absolute Gasteiger partial charge is 0.227 e. The summed E-state index contributed by atoms with van der Waals surface area (Å²) < 4.78 is 10.8. The Balaban J connectivity index is 1.81. The summed E-state index contributed by atoms with van der Waals surface area (Å²) in [5.74, 6) is 1.62. The molecule has 23 heavy (non-hydrogen) atoms. The van der Waals surface area contributed by atoms with Gasteiger partial charge in [-0.2, -0.15) is 0 Å². The first-order valence-corrected chi connectivity index (χ1v) is 8.25. The van der Waals surface area contributed by atoms with Crippen LogP contribution in [-0.2, 0) is 4.79 Å². The molecule has 2 rings (SSSR count). The van der Waals surface area contributed by atoms with Gasteiger partial charge < -0.3 is 20.1 Å². The molecule has 0 heterocycles. The first-order chi connectivity index (χ1) is 10.9. The van der Waals surface area contributed by atoms with Crippen LogP contribution in [0.5, 0.6) is 11.5 Å². The molecule has 1 aromatic rings. The molecule has 1 aromatic carbocycles. The summed E-state index contributed by atoms with van der Waals surface area (Å²) in [6.45, 7) is 3.01. The van der Waals surface area contributed by atoms with Gasteiger partial charge in [0.05, 0.1) is 19.6 Å². The van der Waals surface area contributed by atoms with E-state index in [0.29, 0.717) is 13.2 Å². The fourth-order valence-electron chi connectivity index (χ4n) is 3.11. The molecular weight excluding hydrogens is 292 g/mol. The van der Waals surface area contributed by atoms with E-state index in [9.17, 15) is 4.79 Å². The number of carbonyl (C=O) groups is 1. The van der Waals surface area contributed by atoms with Crippen molar-refractivity contribution < 1.29 is 14.3 Å². The number of hydrogen-bond donors (Lipinski definition) is 1. The summed E-state index contributed by atoms with van der Waals surface area (Å²) in [5, 5.41) is 0. The Bertz CT molecular complexity index is 514. The molecule has 1 amide bonds. The molecule has 0 spiro atoms. The lowest BCUT2D eigenvalue weighted by Crippen LogP contribution is -2.53. The van der Waals surface area contributed by atoms with Crippen molar-refractivity contribution in [2.24, 2.45) is 11.7 Å². The van der Waals surface area contributed by atoms with Crippen LogP contribution in [-0.4, -0.2) is 43.7 Å². The standard InChI is InChI=1S/C18H28N2O3/c1-18(19)11-5-4-6-16(18)17(21)20(2)12-13-23-15-9-7-14(22-3)8-10-15/h7-10,16H,4-6,11-13,19H2,1-3H3. The summed E-state index contributed by atoms with van der Waals surface area (Å²) in [6, 6.07) is 7.43. The van der Waals surface area contributed by atoms with Gasteiger partial charge in [-0.1, -0.05) is 12.8 Å². The maximum atomic E-state index is 12.6. The van der Waals surface area contributed by atoms with E-state index in [1.807, 2.05) is 38.2 Å². The number of rotatable bonds is 6. The fourth-order valence-corrected chi connectivity index (χ4v) is 3.11. The van der Waals surface area contributed by atoms with Crippen molar-refractivity contribution in [3.8, 4) is 11.5 Å². The van der Waals surface area contributed by atoms with E-state index in [-0.39, 0.29) is 17.4 Å². The number of amides is 1.